The van der Waals surface area contributed by atoms with E-state index in [1.54, 1.807) is 12.1 Å². The number of aromatic amines is 1. The molecular weight excluding hydrogens is 233 g/mol. The monoisotopic (exact) mass is 243 g/mol. The second-order valence-electron chi connectivity index (χ2n) is 3.32. The molecule has 0 spiro atoms. The summed E-state index contributed by atoms with van der Waals surface area (Å²) in [6.07, 6.45) is 0.862. The summed E-state index contributed by atoms with van der Waals surface area (Å²) in [7, 11) is 1.91. The van der Waals surface area contributed by atoms with Crippen molar-refractivity contribution < 1.29 is 0 Å². The molecule has 1 aromatic carbocycles. The van der Waals surface area contributed by atoms with Crippen LogP contribution in [0.1, 0.15) is 5.82 Å². The summed E-state index contributed by atoms with van der Waals surface area (Å²) in [5.41, 5.74) is 1.78. The standard InChI is InChI=1S/C10H11Cl2N3/c1-13-3-2-10-14-8-4-6(11)7(12)5-9(8)15-10/h4-5,13H,2-3H2,1H3,(H,14,15). The normalized spacial score (nSPS) is 11.1. The molecule has 0 bridgehead atoms. The molecule has 0 aliphatic heterocycles. The Hall–Kier alpha value is -0.770. The number of benzene rings is 1. The van der Waals surface area contributed by atoms with Crippen LogP contribution in [0.25, 0.3) is 11.0 Å². The van der Waals surface area contributed by atoms with Crippen LogP contribution in [-0.2, 0) is 6.42 Å². The van der Waals surface area contributed by atoms with Crippen molar-refractivity contribution in [3.63, 3.8) is 0 Å². The fourth-order valence-corrected chi connectivity index (χ4v) is 1.74. The third kappa shape index (κ3) is 2.25. The van der Waals surface area contributed by atoms with Crippen LogP contribution in [-0.4, -0.2) is 23.6 Å². The Kier molecular flexibility index (Phi) is 3.14. The third-order valence-electron chi connectivity index (χ3n) is 2.18. The van der Waals surface area contributed by atoms with E-state index in [0.29, 0.717) is 10.0 Å². The number of aromatic nitrogens is 2. The van der Waals surface area contributed by atoms with Crippen LogP contribution in [0, 0.1) is 0 Å². The average molecular weight is 244 g/mol. The summed E-state index contributed by atoms with van der Waals surface area (Å²) in [6.45, 7) is 0.890. The molecule has 1 aromatic heterocycles. The summed E-state index contributed by atoms with van der Waals surface area (Å²) in [4.78, 5) is 7.62. The van der Waals surface area contributed by atoms with Gasteiger partial charge in [-0.2, -0.15) is 0 Å². The van der Waals surface area contributed by atoms with E-state index >= 15 is 0 Å². The van der Waals surface area contributed by atoms with Gasteiger partial charge >= 0.3 is 0 Å². The smallest absolute Gasteiger partial charge is 0.108 e. The van der Waals surface area contributed by atoms with E-state index in [1.165, 1.54) is 0 Å². The molecule has 0 aliphatic carbocycles. The molecule has 2 N–H and O–H groups in total. The van der Waals surface area contributed by atoms with E-state index in [9.17, 15) is 0 Å². The van der Waals surface area contributed by atoms with Gasteiger partial charge in [0, 0.05) is 13.0 Å². The summed E-state index contributed by atoms with van der Waals surface area (Å²) < 4.78 is 0. The minimum atomic E-state index is 0.538. The molecule has 2 aromatic rings. The maximum Gasteiger partial charge on any atom is 0.108 e. The number of halogens is 2. The minimum Gasteiger partial charge on any atom is -0.342 e. The highest BCUT2D eigenvalue weighted by Gasteiger charge is 2.05. The van der Waals surface area contributed by atoms with Gasteiger partial charge in [-0.1, -0.05) is 23.2 Å². The van der Waals surface area contributed by atoms with Crippen molar-refractivity contribution in [2.45, 2.75) is 6.42 Å². The summed E-state index contributed by atoms with van der Waals surface area (Å²) in [6, 6.07) is 3.58. The van der Waals surface area contributed by atoms with Crippen LogP contribution in [0.2, 0.25) is 10.0 Å². The molecule has 0 amide bonds. The largest absolute Gasteiger partial charge is 0.342 e. The Morgan fingerprint density at radius 3 is 2.80 bits per heavy atom. The number of nitrogens with zero attached hydrogens (tertiary/aromatic N) is 1. The van der Waals surface area contributed by atoms with Crippen LogP contribution >= 0.6 is 23.2 Å². The lowest BCUT2D eigenvalue weighted by atomic mass is 10.3. The molecule has 0 unspecified atom stereocenters. The second kappa shape index (κ2) is 4.39. The molecule has 1 heterocycles. The van der Waals surface area contributed by atoms with E-state index in [1.807, 2.05) is 7.05 Å². The highest BCUT2D eigenvalue weighted by molar-refractivity contribution is 6.42. The fourth-order valence-electron chi connectivity index (χ4n) is 1.42. The fraction of sp³-hybridized carbons (Fsp3) is 0.300. The van der Waals surface area contributed by atoms with Gasteiger partial charge < -0.3 is 10.3 Å². The van der Waals surface area contributed by atoms with E-state index < -0.39 is 0 Å². The first-order chi connectivity index (χ1) is 7.20. The van der Waals surface area contributed by atoms with E-state index in [0.717, 1.165) is 29.8 Å². The lowest BCUT2D eigenvalue weighted by Crippen LogP contribution is -2.10. The number of imidazole rings is 1. The zero-order valence-electron chi connectivity index (χ0n) is 8.27. The Morgan fingerprint density at radius 1 is 1.33 bits per heavy atom. The quantitative estimate of drug-likeness (QED) is 0.871. The summed E-state index contributed by atoms with van der Waals surface area (Å²) in [5, 5.41) is 4.16. The van der Waals surface area contributed by atoms with Gasteiger partial charge in [0.05, 0.1) is 21.1 Å². The van der Waals surface area contributed by atoms with E-state index in [-0.39, 0.29) is 0 Å². The molecule has 0 radical (unpaired) electrons. The van der Waals surface area contributed by atoms with Crippen LogP contribution in [0.3, 0.4) is 0 Å². The molecule has 2 rings (SSSR count). The molecule has 15 heavy (non-hydrogen) atoms. The van der Waals surface area contributed by atoms with Crippen LogP contribution in [0.5, 0.6) is 0 Å². The summed E-state index contributed by atoms with van der Waals surface area (Å²) in [5.74, 6) is 0.942. The molecule has 80 valence electrons. The van der Waals surface area contributed by atoms with Gasteiger partial charge in [0.15, 0.2) is 0 Å². The van der Waals surface area contributed by atoms with Crippen molar-refractivity contribution in [2.24, 2.45) is 0 Å². The van der Waals surface area contributed by atoms with E-state index in [4.69, 9.17) is 23.2 Å². The Labute approximate surface area is 97.8 Å². The number of hydrogen-bond acceptors (Lipinski definition) is 2. The SMILES string of the molecule is CNCCc1nc2cc(Cl)c(Cl)cc2[nH]1. The number of H-pyrrole nitrogens is 1. The first kappa shape index (κ1) is 10.7. The zero-order valence-corrected chi connectivity index (χ0v) is 9.78. The van der Waals surface area contributed by atoms with Crippen molar-refractivity contribution in [1.29, 1.82) is 0 Å². The Bertz CT molecular complexity index is 440. The first-order valence-corrected chi connectivity index (χ1v) is 5.44. The van der Waals surface area contributed by atoms with Crippen LogP contribution in [0.15, 0.2) is 12.1 Å². The molecule has 0 saturated heterocycles. The van der Waals surface area contributed by atoms with Crippen LogP contribution in [0.4, 0.5) is 0 Å². The third-order valence-corrected chi connectivity index (χ3v) is 2.91. The van der Waals surface area contributed by atoms with Gasteiger partial charge in [0.2, 0.25) is 0 Å². The number of rotatable bonds is 3. The maximum absolute atomic E-state index is 5.91. The number of hydrogen-bond donors (Lipinski definition) is 2. The van der Waals surface area contributed by atoms with Gasteiger partial charge in [-0.25, -0.2) is 4.98 Å². The molecular formula is C10H11Cl2N3. The summed E-state index contributed by atoms with van der Waals surface area (Å²) >= 11 is 11.8. The molecule has 0 atom stereocenters. The molecule has 5 heteroatoms. The lowest BCUT2D eigenvalue weighted by Gasteiger charge is -1.93. The maximum atomic E-state index is 5.91. The average Bonchev–Trinajstić information content (AvgIpc) is 2.58. The second-order valence-corrected chi connectivity index (χ2v) is 4.13. The number of likely N-dealkylation sites (N-methyl/N-ethyl adjacent to an activating group) is 1. The van der Waals surface area contributed by atoms with Gasteiger partial charge in [0.1, 0.15) is 5.82 Å². The number of fused-ring (bicyclic) bond motifs is 1. The molecule has 0 saturated carbocycles. The molecule has 3 nitrogen and oxygen atoms in total. The number of nitrogens with one attached hydrogen (secondary N) is 2. The van der Waals surface area contributed by atoms with Gasteiger partial charge in [-0.3, -0.25) is 0 Å². The van der Waals surface area contributed by atoms with Gasteiger partial charge in [0.25, 0.3) is 0 Å². The van der Waals surface area contributed by atoms with Crippen molar-refractivity contribution in [2.75, 3.05) is 13.6 Å². The predicted molar refractivity (Wildman–Crippen MR) is 63.7 cm³/mol. The van der Waals surface area contributed by atoms with E-state index in [2.05, 4.69) is 15.3 Å². The first-order valence-electron chi connectivity index (χ1n) is 4.69. The van der Waals surface area contributed by atoms with Gasteiger partial charge in [-0.15, -0.1) is 0 Å². The topological polar surface area (TPSA) is 40.7 Å². The molecule has 0 aliphatic rings. The highest BCUT2D eigenvalue weighted by atomic mass is 35.5. The lowest BCUT2D eigenvalue weighted by molar-refractivity contribution is 0.766. The zero-order chi connectivity index (χ0) is 10.8. The van der Waals surface area contributed by atoms with Crippen LogP contribution < -0.4 is 5.32 Å². The van der Waals surface area contributed by atoms with Gasteiger partial charge in [-0.05, 0) is 19.2 Å². The Balaban J connectivity index is 2.38. The van der Waals surface area contributed by atoms with Crippen molar-refractivity contribution in [3.8, 4) is 0 Å². The predicted octanol–water partition coefficient (Wildman–Crippen LogP) is 2.63. The Morgan fingerprint density at radius 2 is 2.07 bits per heavy atom. The molecule has 0 fully saturated rings. The van der Waals surface area contributed by atoms with Crippen molar-refractivity contribution in [1.82, 2.24) is 15.3 Å². The minimum absolute atomic E-state index is 0.538. The highest BCUT2D eigenvalue weighted by Crippen LogP contribution is 2.26. The van der Waals surface area contributed by atoms with Crippen molar-refractivity contribution in [3.05, 3.63) is 28.0 Å². The van der Waals surface area contributed by atoms with Crippen molar-refractivity contribution >= 4 is 34.2 Å².